The molecular formula is C8H5ClN2O. The van der Waals surface area contributed by atoms with Crippen molar-refractivity contribution in [2.45, 2.75) is 6.42 Å². The fourth-order valence-corrected chi connectivity index (χ4v) is 1.21. The molecule has 60 valence electrons. The quantitative estimate of drug-likeness (QED) is 0.574. The van der Waals surface area contributed by atoms with Crippen LogP contribution in [-0.2, 0) is 0 Å². The Morgan fingerprint density at radius 1 is 1.42 bits per heavy atom. The highest BCUT2D eigenvalue weighted by Gasteiger charge is 2.14. The van der Waals surface area contributed by atoms with Gasteiger partial charge < -0.3 is 0 Å². The van der Waals surface area contributed by atoms with E-state index in [0.29, 0.717) is 23.0 Å². The zero-order valence-electron chi connectivity index (χ0n) is 6.12. The van der Waals surface area contributed by atoms with Gasteiger partial charge in [-0.1, -0.05) is 11.6 Å². The lowest BCUT2D eigenvalue weighted by Crippen LogP contribution is -2.05. The van der Waals surface area contributed by atoms with Gasteiger partial charge >= 0.3 is 0 Å². The first-order valence-electron chi connectivity index (χ1n) is 3.49. The van der Waals surface area contributed by atoms with E-state index in [1.165, 1.54) is 0 Å². The van der Waals surface area contributed by atoms with E-state index in [2.05, 4.69) is 9.98 Å². The smallest absolute Gasteiger partial charge is 0.171 e. The van der Waals surface area contributed by atoms with Crippen LogP contribution in [0, 0.1) is 0 Å². The molecule has 3 nitrogen and oxygen atoms in total. The second-order valence-corrected chi connectivity index (χ2v) is 2.83. The van der Waals surface area contributed by atoms with Gasteiger partial charge in [0.25, 0.3) is 0 Å². The Labute approximate surface area is 74.1 Å². The van der Waals surface area contributed by atoms with Crippen molar-refractivity contribution < 1.29 is 4.79 Å². The van der Waals surface area contributed by atoms with Gasteiger partial charge in [0, 0.05) is 12.6 Å². The van der Waals surface area contributed by atoms with E-state index in [1.807, 2.05) is 0 Å². The molecule has 4 heteroatoms. The summed E-state index contributed by atoms with van der Waals surface area (Å²) < 4.78 is 0. The average molecular weight is 181 g/mol. The fraction of sp³-hybridized carbons (Fsp3) is 0.125. The monoisotopic (exact) mass is 180 g/mol. The predicted molar refractivity (Wildman–Crippen MR) is 46.3 cm³/mol. The zero-order valence-corrected chi connectivity index (χ0v) is 6.88. The minimum absolute atomic E-state index is 0.0455. The molecule has 2 heterocycles. The van der Waals surface area contributed by atoms with Crippen molar-refractivity contribution in [2.24, 2.45) is 4.99 Å². The summed E-state index contributed by atoms with van der Waals surface area (Å²) >= 11 is 5.63. The molecule has 0 saturated heterocycles. The number of carbonyl (C=O) groups is 1. The van der Waals surface area contributed by atoms with Crippen molar-refractivity contribution in [2.75, 3.05) is 0 Å². The highest BCUT2D eigenvalue weighted by Crippen LogP contribution is 2.22. The van der Waals surface area contributed by atoms with E-state index in [-0.39, 0.29) is 5.78 Å². The first-order valence-corrected chi connectivity index (χ1v) is 3.87. The number of nitrogens with zero attached hydrogens (tertiary/aromatic N) is 2. The van der Waals surface area contributed by atoms with E-state index in [4.69, 9.17) is 11.6 Å². The molecule has 0 unspecified atom stereocenters. The number of pyridine rings is 1. The summed E-state index contributed by atoms with van der Waals surface area (Å²) in [5.41, 5.74) is 0.557. The summed E-state index contributed by atoms with van der Waals surface area (Å²) in [6, 6.07) is 3.25. The number of carbonyl (C=O) groups excluding carboxylic acids is 1. The molecule has 0 radical (unpaired) electrons. The second-order valence-electron chi connectivity index (χ2n) is 2.44. The number of rotatable bonds is 0. The summed E-state index contributed by atoms with van der Waals surface area (Å²) in [4.78, 5) is 19.1. The summed E-state index contributed by atoms with van der Waals surface area (Å²) in [5, 5.41) is 0.362. The zero-order chi connectivity index (χ0) is 8.55. The standard InChI is InChI=1S/C8H5ClN2O/c9-7-2-1-5-6(12)3-4-10-8(5)11-7/h1-2,4H,3H2. The van der Waals surface area contributed by atoms with Crippen LogP contribution in [0.5, 0.6) is 0 Å². The van der Waals surface area contributed by atoms with Crippen LogP contribution in [0.2, 0.25) is 5.15 Å². The summed E-state index contributed by atoms with van der Waals surface area (Å²) in [6.45, 7) is 0. The highest BCUT2D eigenvalue weighted by molar-refractivity contribution is 6.29. The van der Waals surface area contributed by atoms with Crippen molar-refractivity contribution in [3.05, 3.63) is 22.8 Å². The Morgan fingerprint density at radius 2 is 2.25 bits per heavy atom. The third kappa shape index (κ3) is 1.12. The first kappa shape index (κ1) is 7.43. The van der Waals surface area contributed by atoms with Crippen LogP contribution >= 0.6 is 11.6 Å². The van der Waals surface area contributed by atoms with Gasteiger partial charge in [0.2, 0.25) is 0 Å². The van der Waals surface area contributed by atoms with Crippen molar-refractivity contribution in [3.8, 4) is 0 Å². The van der Waals surface area contributed by atoms with Gasteiger partial charge in [-0.3, -0.25) is 4.79 Å². The van der Waals surface area contributed by atoms with E-state index < -0.39 is 0 Å². The minimum atomic E-state index is 0.0455. The van der Waals surface area contributed by atoms with Crippen molar-refractivity contribution in [3.63, 3.8) is 0 Å². The van der Waals surface area contributed by atoms with E-state index in [1.54, 1.807) is 18.3 Å². The molecule has 12 heavy (non-hydrogen) atoms. The predicted octanol–water partition coefficient (Wildman–Crippen LogP) is 2.02. The molecule has 1 aromatic heterocycles. The Morgan fingerprint density at radius 3 is 3.08 bits per heavy atom. The van der Waals surface area contributed by atoms with Crippen LogP contribution in [0.4, 0.5) is 5.82 Å². The molecule has 0 aliphatic carbocycles. The molecular weight excluding hydrogens is 176 g/mol. The van der Waals surface area contributed by atoms with Gasteiger partial charge in [-0.25, -0.2) is 9.98 Å². The minimum Gasteiger partial charge on any atom is -0.294 e. The Hall–Kier alpha value is -1.22. The van der Waals surface area contributed by atoms with Gasteiger partial charge in [0.05, 0.1) is 5.56 Å². The van der Waals surface area contributed by atoms with Gasteiger partial charge in [-0.15, -0.1) is 0 Å². The van der Waals surface area contributed by atoms with Gasteiger partial charge in [-0.2, -0.15) is 0 Å². The molecule has 0 fully saturated rings. The van der Waals surface area contributed by atoms with E-state index >= 15 is 0 Å². The normalized spacial score (nSPS) is 14.6. The topological polar surface area (TPSA) is 42.3 Å². The molecule has 0 bridgehead atoms. The Balaban J connectivity index is 2.62. The number of hydrogen-bond acceptors (Lipinski definition) is 3. The number of aliphatic imine (C=N–C) groups is 1. The van der Waals surface area contributed by atoms with Crippen LogP contribution in [-0.4, -0.2) is 17.0 Å². The first-order chi connectivity index (χ1) is 5.77. The summed E-state index contributed by atoms with van der Waals surface area (Å²) in [6.07, 6.45) is 1.91. The molecule has 1 aromatic rings. The molecule has 1 aliphatic rings. The number of ketones is 1. The van der Waals surface area contributed by atoms with Crippen molar-refractivity contribution >= 4 is 29.4 Å². The second kappa shape index (κ2) is 2.68. The third-order valence-corrected chi connectivity index (χ3v) is 1.84. The van der Waals surface area contributed by atoms with Gasteiger partial charge in [0.1, 0.15) is 5.15 Å². The van der Waals surface area contributed by atoms with E-state index in [9.17, 15) is 4.79 Å². The van der Waals surface area contributed by atoms with Crippen LogP contribution in [0.3, 0.4) is 0 Å². The largest absolute Gasteiger partial charge is 0.294 e. The van der Waals surface area contributed by atoms with Gasteiger partial charge in [0.15, 0.2) is 11.6 Å². The molecule has 0 saturated carbocycles. The number of halogens is 1. The molecule has 0 N–H and O–H groups in total. The molecule has 2 rings (SSSR count). The van der Waals surface area contributed by atoms with Crippen molar-refractivity contribution in [1.82, 2.24) is 4.98 Å². The molecule has 0 amide bonds. The Kier molecular flexibility index (Phi) is 1.66. The lowest BCUT2D eigenvalue weighted by Gasteiger charge is -2.06. The summed E-state index contributed by atoms with van der Waals surface area (Å²) in [7, 11) is 0. The van der Waals surface area contributed by atoms with Crippen LogP contribution < -0.4 is 0 Å². The number of hydrogen-bond donors (Lipinski definition) is 0. The van der Waals surface area contributed by atoms with Crippen LogP contribution in [0.15, 0.2) is 17.1 Å². The fourth-order valence-electron chi connectivity index (χ4n) is 1.07. The maximum atomic E-state index is 11.2. The molecule has 1 aliphatic heterocycles. The number of aromatic nitrogens is 1. The highest BCUT2D eigenvalue weighted by atomic mass is 35.5. The maximum Gasteiger partial charge on any atom is 0.171 e. The van der Waals surface area contributed by atoms with Crippen molar-refractivity contribution in [1.29, 1.82) is 0 Å². The van der Waals surface area contributed by atoms with Crippen LogP contribution in [0.25, 0.3) is 0 Å². The number of Topliss-reactive ketones (excluding diaryl/α,β-unsaturated/α-hetero) is 1. The molecule has 0 spiro atoms. The lowest BCUT2D eigenvalue weighted by molar-refractivity contribution is 0.100. The third-order valence-electron chi connectivity index (χ3n) is 1.63. The maximum absolute atomic E-state index is 11.2. The lowest BCUT2D eigenvalue weighted by atomic mass is 10.1. The SMILES string of the molecule is O=C1CC=Nc2nc(Cl)ccc21. The molecule has 0 atom stereocenters. The Bertz CT molecular complexity index is 373. The number of fused-ring (bicyclic) bond motifs is 1. The van der Waals surface area contributed by atoms with Crippen LogP contribution in [0.1, 0.15) is 16.8 Å². The average Bonchev–Trinajstić information content (AvgIpc) is 2.04. The summed E-state index contributed by atoms with van der Waals surface area (Å²) in [5.74, 6) is 0.475. The van der Waals surface area contributed by atoms with E-state index in [0.717, 1.165) is 0 Å². The van der Waals surface area contributed by atoms with Gasteiger partial charge in [-0.05, 0) is 12.1 Å². The molecule has 0 aromatic carbocycles.